The lowest BCUT2D eigenvalue weighted by atomic mass is 10.1. The summed E-state index contributed by atoms with van der Waals surface area (Å²) in [7, 11) is 1.36. The molecule has 0 aliphatic carbocycles. The number of hydrogen-bond donors (Lipinski definition) is 0. The van der Waals surface area contributed by atoms with E-state index in [9.17, 15) is 9.59 Å². The van der Waals surface area contributed by atoms with Gasteiger partial charge in [0.1, 0.15) is 0 Å². The van der Waals surface area contributed by atoms with Crippen molar-refractivity contribution in [2.24, 2.45) is 5.92 Å². The molecule has 0 aromatic heterocycles. The van der Waals surface area contributed by atoms with Crippen molar-refractivity contribution in [2.75, 3.05) is 20.2 Å². The van der Waals surface area contributed by atoms with Crippen LogP contribution in [0.1, 0.15) is 31.4 Å². The van der Waals surface area contributed by atoms with Crippen molar-refractivity contribution in [1.29, 1.82) is 0 Å². The number of esters is 1. The Morgan fingerprint density at radius 1 is 1.32 bits per heavy atom. The van der Waals surface area contributed by atoms with Gasteiger partial charge in [0, 0.05) is 19.2 Å². The second-order valence-electron chi connectivity index (χ2n) is 5.75. The van der Waals surface area contributed by atoms with Crippen molar-refractivity contribution in [1.82, 2.24) is 4.90 Å². The van der Waals surface area contributed by atoms with Crippen LogP contribution < -0.4 is 0 Å². The number of methoxy groups -OCH3 is 1. The van der Waals surface area contributed by atoms with Crippen LogP contribution in [-0.4, -0.2) is 37.0 Å². The molecule has 0 saturated carbocycles. The minimum absolute atomic E-state index is 0.0842. The van der Waals surface area contributed by atoms with Crippen molar-refractivity contribution in [3.8, 4) is 0 Å². The zero-order valence-corrected chi connectivity index (χ0v) is 13.8. The fraction of sp³-hybridized carbons (Fsp3) is 0.444. The highest BCUT2D eigenvalue weighted by Gasteiger charge is 2.14. The van der Waals surface area contributed by atoms with E-state index in [-0.39, 0.29) is 18.3 Å². The summed E-state index contributed by atoms with van der Waals surface area (Å²) in [6.07, 6.45) is 3.59. The number of nitrogens with zero attached hydrogens (tertiary/aromatic N) is 1. The van der Waals surface area contributed by atoms with Gasteiger partial charge in [0.2, 0.25) is 5.91 Å². The van der Waals surface area contributed by atoms with Gasteiger partial charge < -0.3 is 9.64 Å². The average molecular weight is 303 g/mol. The van der Waals surface area contributed by atoms with E-state index in [0.29, 0.717) is 19.0 Å². The number of amides is 1. The maximum atomic E-state index is 12.3. The number of hydrogen-bond acceptors (Lipinski definition) is 3. The van der Waals surface area contributed by atoms with Crippen molar-refractivity contribution in [3.05, 3.63) is 41.5 Å². The molecule has 0 radical (unpaired) electrons. The Labute approximate surface area is 132 Å². The summed E-state index contributed by atoms with van der Waals surface area (Å²) in [6.45, 7) is 7.10. The Morgan fingerprint density at radius 3 is 2.64 bits per heavy atom. The first-order chi connectivity index (χ1) is 10.4. The van der Waals surface area contributed by atoms with Crippen LogP contribution in [0.25, 0.3) is 6.08 Å². The second kappa shape index (κ2) is 9.03. The highest BCUT2D eigenvalue weighted by atomic mass is 16.5. The maximum Gasteiger partial charge on any atom is 0.307 e. The predicted molar refractivity (Wildman–Crippen MR) is 88.3 cm³/mol. The van der Waals surface area contributed by atoms with Gasteiger partial charge in [-0.25, -0.2) is 0 Å². The molecule has 0 aliphatic rings. The van der Waals surface area contributed by atoms with Gasteiger partial charge >= 0.3 is 5.97 Å². The molecule has 1 rings (SSSR count). The van der Waals surface area contributed by atoms with E-state index >= 15 is 0 Å². The molecule has 0 aliphatic heterocycles. The highest BCUT2D eigenvalue weighted by Crippen LogP contribution is 2.08. The Balaban J connectivity index is 2.71. The van der Waals surface area contributed by atoms with E-state index in [1.165, 1.54) is 7.11 Å². The molecule has 4 heteroatoms. The smallest absolute Gasteiger partial charge is 0.307 e. The Bertz CT molecular complexity index is 535. The molecule has 1 aromatic carbocycles. The maximum absolute atomic E-state index is 12.3. The molecule has 0 unspecified atom stereocenters. The Hall–Kier alpha value is -2.10. The van der Waals surface area contributed by atoms with Crippen LogP contribution in [0.15, 0.2) is 30.3 Å². The lowest BCUT2D eigenvalue weighted by Crippen LogP contribution is -2.34. The predicted octanol–water partition coefficient (Wildman–Crippen LogP) is 3.06. The monoisotopic (exact) mass is 303 g/mol. The van der Waals surface area contributed by atoms with Crippen molar-refractivity contribution >= 4 is 18.0 Å². The zero-order chi connectivity index (χ0) is 16.5. The zero-order valence-electron chi connectivity index (χ0n) is 13.8. The van der Waals surface area contributed by atoms with Crippen LogP contribution in [0, 0.1) is 12.8 Å². The van der Waals surface area contributed by atoms with E-state index in [1.54, 1.807) is 17.1 Å². The van der Waals surface area contributed by atoms with Crippen LogP contribution in [0.3, 0.4) is 0 Å². The number of rotatable bonds is 7. The Kier molecular flexibility index (Phi) is 7.37. The van der Waals surface area contributed by atoms with E-state index in [1.807, 2.05) is 45.0 Å². The molecule has 120 valence electrons. The van der Waals surface area contributed by atoms with Crippen LogP contribution in [0.2, 0.25) is 0 Å². The van der Waals surface area contributed by atoms with Gasteiger partial charge in [-0.05, 0) is 24.5 Å². The van der Waals surface area contributed by atoms with Crippen LogP contribution in [0.5, 0.6) is 0 Å². The largest absolute Gasteiger partial charge is 0.469 e. The molecule has 0 heterocycles. The van der Waals surface area contributed by atoms with Crippen molar-refractivity contribution < 1.29 is 14.3 Å². The van der Waals surface area contributed by atoms with Crippen molar-refractivity contribution in [3.63, 3.8) is 0 Å². The third kappa shape index (κ3) is 6.57. The molecular formula is C18H25NO3. The van der Waals surface area contributed by atoms with Crippen LogP contribution in [0.4, 0.5) is 0 Å². The summed E-state index contributed by atoms with van der Waals surface area (Å²) < 4.78 is 4.63. The number of aryl methyl sites for hydroxylation is 1. The normalized spacial score (nSPS) is 11.0. The number of carbonyl (C=O) groups is 2. The van der Waals surface area contributed by atoms with Gasteiger partial charge in [-0.1, -0.05) is 43.7 Å². The van der Waals surface area contributed by atoms with Crippen LogP contribution >= 0.6 is 0 Å². The first-order valence-electron chi connectivity index (χ1n) is 7.53. The number of carbonyl (C=O) groups excluding carboxylic acids is 2. The van der Waals surface area contributed by atoms with Gasteiger partial charge in [-0.15, -0.1) is 0 Å². The van der Waals surface area contributed by atoms with Gasteiger partial charge in [-0.2, -0.15) is 0 Å². The molecule has 0 bridgehead atoms. The standard InChI is InChI=1S/C18H25NO3/c1-14(2)13-19(11-10-18(21)22-4)17(20)9-8-16-7-5-6-15(3)12-16/h5-9,12,14H,10-11,13H2,1-4H3/b9-8+. The summed E-state index contributed by atoms with van der Waals surface area (Å²) >= 11 is 0. The minimum Gasteiger partial charge on any atom is -0.469 e. The number of ether oxygens (including phenoxy) is 1. The van der Waals surface area contributed by atoms with Gasteiger partial charge in [0.05, 0.1) is 13.5 Å². The average Bonchev–Trinajstić information content (AvgIpc) is 2.48. The SMILES string of the molecule is COC(=O)CCN(CC(C)C)C(=O)/C=C/c1cccc(C)c1. The number of benzene rings is 1. The first-order valence-corrected chi connectivity index (χ1v) is 7.53. The molecule has 0 saturated heterocycles. The van der Waals surface area contributed by atoms with Gasteiger partial charge in [0.25, 0.3) is 0 Å². The summed E-state index contributed by atoms with van der Waals surface area (Å²) in [5.74, 6) is -0.0442. The minimum atomic E-state index is -0.302. The second-order valence-corrected chi connectivity index (χ2v) is 5.75. The van der Waals surface area contributed by atoms with E-state index in [0.717, 1.165) is 11.1 Å². The van der Waals surface area contributed by atoms with Crippen LogP contribution in [-0.2, 0) is 14.3 Å². The molecule has 0 spiro atoms. The molecule has 1 amide bonds. The molecular weight excluding hydrogens is 278 g/mol. The molecule has 0 atom stereocenters. The fourth-order valence-electron chi connectivity index (χ4n) is 2.11. The molecule has 4 nitrogen and oxygen atoms in total. The third-order valence-electron chi connectivity index (χ3n) is 3.17. The lowest BCUT2D eigenvalue weighted by molar-refractivity contribution is -0.141. The molecule has 0 fully saturated rings. The summed E-state index contributed by atoms with van der Waals surface area (Å²) in [4.78, 5) is 25.3. The topological polar surface area (TPSA) is 46.6 Å². The molecule has 22 heavy (non-hydrogen) atoms. The van der Waals surface area contributed by atoms with Gasteiger partial charge in [-0.3, -0.25) is 9.59 Å². The quantitative estimate of drug-likeness (QED) is 0.574. The fourth-order valence-corrected chi connectivity index (χ4v) is 2.11. The third-order valence-corrected chi connectivity index (χ3v) is 3.17. The molecule has 0 N–H and O–H groups in total. The summed E-state index contributed by atoms with van der Waals surface area (Å²) in [6, 6.07) is 7.95. The van der Waals surface area contributed by atoms with Crippen molar-refractivity contribution in [2.45, 2.75) is 27.2 Å². The summed E-state index contributed by atoms with van der Waals surface area (Å²) in [5, 5.41) is 0. The lowest BCUT2D eigenvalue weighted by Gasteiger charge is -2.22. The summed E-state index contributed by atoms with van der Waals surface area (Å²) in [5.41, 5.74) is 2.14. The van der Waals surface area contributed by atoms with E-state index in [2.05, 4.69) is 4.74 Å². The first kappa shape index (κ1) is 18.0. The highest BCUT2D eigenvalue weighted by molar-refractivity contribution is 5.92. The molecule has 1 aromatic rings. The Morgan fingerprint density at radius 2 is 2.05 bits per heavy atom. The van der Waals surface area contributed by atoms with E-state index in [4.69, 9.17) is 0 Å². The van der Waals surface area contributed by atoms with Gasteiger partial charge in [0.15, 0.2) is 0 Å². The van der Waals surface area contributed by atoms with E-state index < -0.39 is 0 Å².